The summed E-state index contributed by atoms with van der Waals surface area (Å²) in [5, 5.41) is 3.07. The lowest BCUT2D eigenvalue weighted by Gasteiger charge is -2.15. The van der Waals surface area contributed by atoms with Crippen molar-refractivity contribution in [3.05, 3.63) is 77.9 Å². The maximum atomic E-state index is 13.9. The molecule has 1 unspecified atom stereocenters. The molecule has 0 bridgehead atoms. The van der Waals surface area contributed by atoms with E-state index in [0.29, 0.717) is 46.0 Å². The van der Waals surface area contributed by atoms with Gasteiger partial charge in [-0.05, 0) is 43.3 Å². The molecule has 1 aromatic heterocycles. The van der Waals surface area contributed by atoms with Gasteiger partial charge in [-0.15, -0.1) is 0 Å². The van der Waals surface area contributed by atoms with Crippen molar-refractivity contribution in [2.24, 2.45) is 0 Å². The molecule has 0 fully saturated rings. The molecule has 4 rings (SSSR count). The van der Waals surface area contributed by atoms with E-state index in [9.17, 15) is 18.0 Å². The molecule has 3 aromatic carbocycles. The van der Waals surface area contributed by atoms with Gasteiger partial charge in [0.1, 0.15) is 24.0 Å². The van der Waals surface area contributed by atoms with Gasteiger partial charge in [0.15, 0.2) is 23.1 Å². The summed E-state index contributed by atoms with van der Waals surface area (Å²) in [6.07, 6.45) is -0.723. The number of halogens is 3. The lowest BCUT2D eigenvalue weighted by atomic mass is 10.1. The van der Waals surface area contributed by atoms with Gasteiger partial charge < -0.3 is 18.9 Å². The van der Waals surface area contributed by atoms with Gasteiger partial charge in [-0.3, -0.25) is 5.32 Å². The number of fused-ring (bicyclic) bond motifs is 1. The maximum absolute atomic E-state index is 13.9. The van der Waals surface area contributed by atoms with E-state index in [-0.39, 0.29) is 11.4 Å². The Labute approximate surface area is 203 Å². The van der Waals surface area contributed by atoms with Crippen LogP contribution < -0.4 is 19.5 Å². The number of anilines is 1. The predicted molar refractivity (Wildman–Crippen MR) is 124 cm³/mol. The van der Waals surface area contributed by atoms with Gasteiger partial charge in [0.25, 0.3) is 0 Å². The van der Waals surface area contributed by atoms with Crippen molar-refractivity contribution in [1.29, 1.82) is 0 Å². The molecular weight excluding hydrogens is 479 g/mol. The third-order valence-corrected chi connectivity index (χ3v) is 5.18. The van der Waals surface area contributed by atoms with Crippen molar-refractivity contribution in [2.75, 3.05) is 19.5 Å². The smallest absolute Gasteiger partial charge is 0.412 e. The zero-order valence-corrected chi connectivity index (χ0v) is 19.3. The van der Waals surface area contributed by atoms with E-state index in [0.717, 1.165) is 0 Å². The molecule has 36 heavy (non-hydrogen) atoms. The Kier molecular flexibility index (Phi) is 7.09. The van der Waals surface area contributed by atoms with Crippen LogP contribution in [0, 0.1) is 17.5 Å². The number of methoxy groups -OCH3 is 2. The minimum absolute atomic E-state index is 0.281. The third kappa shape index (κ3) is 5.24. The molecule has 0 saturated carbocycles. The summed E-state index contributed by atoms with van der Waals surface area (Å²) < 4.78 is 62.0. The number of hydrogen-bond donors (Lipinski definition) is 1. The molecule has 0 radical (unpaired) electrons. The SMILES string of the molecule is COc1cc2ncnc(Oc3ccc(NC(=O)OC(C)c4cc(F)c(F)cc4F)cc3)c2cc1OC. The van der Waals surface area contributed by atoms with Gasteiger partial charge in [-0.1, -0.05) is 0 Å². The Hall–Kier alpha value is -4.54. The first-order valence-corrected chi connectivity index (χ1v) is 10.6. The van der Waals surface area contributed by atoms with Crippen LogP contribution >= 0.6 is 0 Å². The predicted octanol–water partition coefficient (Wildman–Crippen LogP) is 6.17. The molecule has 1 N–H and O–H groups in total. The van der Waals surface area contributed by atoms with E-state index in [2.05, 4.69) is 15.3 Å². The highest BCUT2D eigenvalue weighted by Crippen LogP contribution is 2.36. The summed E-state index contributed by atoms with van der Waals surface area (Å²) in [5.41, 5.74) is 0.647. The first kappa shape index (κ1) is 24.6. The quantitative estimate of drug-likeness (QED) is 0.304. The monoisotopic (exact) mass is 499 g/mol. The largest absolute Gasteiger partial charge is 0.493 e. The zero-order valence-electron chi connectivity index (χ0n) is 19.3. The van der Waals surface area contributed by atoms with Gasteiger partial charge in [0, 0.05) is 23.4 Å². The van der Waals surface area contributed by atoms with Crippen molar-refractivity contribution >= 4 is 22.7 Å². The fraction of sp³-hybridized carbons (Fsp3) is 0.160. The van der Waals surface area contributed by atoms with Crippen molar-refractivity contribution in [2.45, 2.75) is 13.0 Å². The Balaban J connectivity index is 1.44. The van der Waals surface area contributed by atoms with Crippen LogP contribution in [0.25, 0.3) is 10.9 Å². The van der Waals surface area contributed by atoms with E-state index in [1.165, 1.54) is 27.5 Å². The van der Waals surface area contributed by atoms with Gasteiger partial charge in [0.2, 0.25) is 5.88 Å². The van der Waals surface area contributed by atoms with Gasteiger partial charge in [0.05, 0.1) is 25.1 Å². The number of nitrogens with one attached hydrogen (secondary N) is 1. The Morgan fingerprint density at radius 1 is 0.889 bits per heavy atom. The fourth-order valence-corrected chi connectivity index (χ4v) is 3.38. The molecule has 8 nitrogen and oxygen atoms in total. The number of benzene rings is 3. The molecule has 1 atom stereocenters. The van der Waals surface area contributed by atoms with Crippen LogP contribution in [0.4, 0.5) is 23.7 Å². The van der Waals surface area contributed by atoms with E-state index >= 15 is 0 Å². The topological polar surface area (TPSA) is 91.8 Å². The first-order valence-electron chi connectivity index (χ1n) is 10.6. The third-order valence-electron chi connectivity index (χ3n) is 5.18. The van der Waals surface area contributed by atoms with Crippen molar-refractivity contribution in [1.82, 2.24) is 9.97 Å². The number of ether oxygens (including phenoxy) is 4. The van der Waals surface area contributed by atoms with Crippen LogP contribution in [0.2, 0.25) is 0 Å². The standard InChI is InChI=1S/C25H20F3N3O5/c1-13(16-8-19(27)20(28)10-18(16)26)35-25(32)31-14-4-6-15(7-5-14)36-24-17-9-22(33-2)23(34-3)11-21(17)29-12-30-24/h4-13H,1-3H3,(H,31,32). The number of aromatic nitrogens is 2. The highest BCUT2D eigenvalue weighted by Gasteiger charge is 2.19. The number of hydrogen-bond acceptors (Lipinski definition) is 7. The summed E-state index contributed by atoms with van der Waals surface area (Å²) in [4.78, 5) is 20.6. The molecule has 1 amide bonds. The van der Waals surface area contributed by atoms with E-state index in [1.807, 2.05) is 0 Å². The molecule has 0 aliphatic rings. The molecule has 0 aliphatic heterocycles. The van der Waals surface area contributed by atoms with Gasteiger partial charge in [-0.2, -0.15) is 0 Å². The molecule has 186 valence electrons. The molecule has 11 heteroatoms. The Morgan fingerprint density at radius 2 is 1.56 bits per heavy atom. The lowest BCUT2D eigenvalue weighted by Crippen LogP contribution is -2.17. The molecule has 4 aromatic rings. The van der Waals surface area contributed by atoms with Crippen LogP contribution in [-0.4, -0.2) is 30.3 Å². The average Bonchev–Trinajstić information content (AvgIpc) is 2.86. The molecule has 0 aliphatic carbocycles. The number of rotatable bonds is 7. The number of carbonyl (C=O) groups is 1. The van der Waals surface area contributed by atoms with Crippen molar-refractivity contribution in [3.63, 3.8) is 0 Å². The average molecular weight is 499 g/mol. The Bertz CT molecular complexity index is 1420. The summed E-state index contributed by atoms with van der Waals surface area (Å²) in [5.74, 6) is -1.90. The van der Waals surface area contributed by atoms with Gasteiger partial charge in [-0.25, -0.2) is 27.9 Å². The van der Waals surface area contributed by atoms with Crippen LogP contribution in [0.15, 0.2) is 54.9 Å². The summed E-state index contributed by atoms with van der Waals surface area (Å²) in [6, 6.07) is 10.7. The molecular formula is C25H20F3N3O5. The molecule has 1 heterocycles. The minimum Gasteiger partial charge on any atom is -0.493 e. The molecule has 0 saturated heterocycles. The van der Waals surface area contributed by atoms with E-state index in [4.69, 9.17) is 18.9 Å². The van der Waals surface area contributed by atoms with Crippen LogP contribution in [0.1, 0.15) is 18.6 Å². The van der Waals surface area contributed by atoms with E-state index < -0.39 is 29.6 Å². The second kappa shape index (κ2) is 10.4. The van der Waals surface area contributed by atoms with Crippen molar-refractivity contribution < 1.29 is 36.9 Å². The summed E-state index contributed by atoms with van der Waals surface area (Å²) >= 11 is 0. The number of amides is 1. The Morgan fingerprint density at radius 3 is 2.25 bits per heavy atom. The second-order valence-corrected chi connectivity index (χ2v) is 7.49. The van der Waals surface area contributed by atoms with E-state index in [1.54, 1.807) is 36.4 Å². The minimum atomic E-state index is -1.33. The van der Waals surface area contributed by atoms with Crippen LogP contribution in [-0.2, 0) is 4.74 Å². The van der Waals surface area contributed by atoms with Crippen LogP contribution in [0.5, 0.6) is 23.1 Å². The van der Waals surface area contributed by atoms with Gasteiger partial charge >= 0.3 is 6.09 Å². The van der Waals surface area contributed by atoms with Crippen molar-refractivity contribution in [3.8, 4) is 23.1 Å². The highest BCUT2D eigenvalue weighted by molar-refractivity contribution is 5.87. The van der Waals surface area contributed by atoms with Crippen LogP contribution in [0.3, 0.4) is 0 Å². The number of carbonyl (C=O) groups excluding carboxylic acids is 1. The normalized spacial score (nSPS) is 11.6. The second-order valence-electron chi connectivity index (χ2n) is 7.49. The zero-order chi connectivity index (χ0) is 25.8. The lowest BCUT2D eigenvalue weighted by molar-refractivity contribution is 0.119. The fourth-order valence-electron chi connectivity index (χ4n) is 3.38. The number of nitrogens with zero attached hydrogens (tertiary/aromatic N) is 2. The summed E-state index contributed by atoms with van der Waals surface area (Å²) in [6.45, 7) is 1.34. The first-order chi connectivity index (χ1) is 17.3. The molecule has 0 spiro atoms. The maximum Gasteiger partial charge on any atom is 0.412 e. The summed E-state index contributed by atoms with van der Waals surface area (Å²) in [7, 11) is 3.04. The highest BCUT2D eigenvalue weighted by atomic mass is 19.2.